The Balaban J connectivity index is 2.03. The van der Waals surface area contributed by atoms with Crippen LogP contribution in [0.3, 0.4) is 0 Å². The smallest absolute Gasteiger partial charge is 0.229 e. The molecule has 0 saturated carbocycles. The number of amides is 1. The van der Waals surface area contributed by atoms with Crippen LogP contribution in [0.4, 0.5) is 5.69 Å². The van der Waals surface area contributed by atoms with Crippen LogP contribution in [0.25, 0.3) is 0 Å². The molecule has 2 N–H and O–H groups in total. The van der Waals surface area contributed by atoms with Crippen LogP contribution >= 0.6 is 23.6 Å². The Morgan fingerprint density at radius 2 is 2.28 bits per heavy atom. The summed E-state index contributed by atoms with van der Waals surface area (Å²) in [5.74, 6) is -0.0611. The number of hydrogen-bond donors (Lipinski definition) is 2. The van der Waals surface area contributed by atoms with Gasteiger partial charge < -0.3 is 10.3 Å². The highest BCUT2D eigenvalue weighted by atomic mass is 32.1. The van der Waals surface area contributed by atoms with Gasteiger partial charge in [-0.15, -0.1) is 11.3 Å². The second-order valence-electron chi connectivity index (χ2n) is 3.98. The van der Waals surface area contributed by atoms with Gasteiger partial charge in [0.2, 0.25) is 5.91 Å². The molecule has 2 rings (SSSR count). The van der Waals surface area contributed by atoms with Crippen molar-refractivity contribution < 1.29 is 4.79 Å². The first-order valence-electron chi connectivity index (χ1n) is 5.45. The zero-order valence-corrected chi connectivity index (χ0v) is 11.7. The number of aromatic amines is 1. The number of aryl methyl sites for hydroxylation is 2. The molecule has 0 fully saturated rings. The molecule has 2 aromatic rings. The number of aromatic nitrogens is 2. The van der Waals surface area contributed by atoms with Gasteiger partial charge in [-0.3, -0.25) is 9.78 Å². The van der Waals surface area contributed by atoms with Crippen molar-refractivity contribution in [3.05, 3.63) is 38.5 Å². The minimum atomic E-state index is -0.0611. The SMILES string of the molecule is Cc1ccc(NC(=O)Cc2sc(=S)[nH]c2C)cn1. The lowest BCUT2D eigenvalue weighted by Gasteiger charge is -2.04. The van der Waals surface area contributed by atoms with Gasteiger partial charge in [0, 0.05) is 16.3 Å². The van der Waals surface area contributed by atoms with Crippen LogP contribution in [-0.2, 0) is 11.2 Å². The number of carbonyl (C=O) groups is 1. The maximum absolute atomic E-state index is 11.8. The minimum absolute atomic E-state index is 0.0611. The molecule has 94 valence electrons. The van der Waals surface area contributed by atoms with E-state index in [0.29, 0.717) is 16.1 Å². The molecule has 2 aromatic heterocycles. The van der Waals surface area contributed by atoms with Gasteiger partial charge in [0.1, 0.15) is 0 Å². The average molecular weight is 279 g/mol. The Hall–Kier alpha value is -1.53. The maximum Gasteiger partial charge on any atom is 0.229 e. The van der Waals surface area contributed by atoms with Crippen molar-refractivity contribution in [3.63, 3.8) is 0 Å². The summed E-state index contributed by atoms with van der Waals surface area (Å²) < 4.78 is 0.701. The summed E-state index contributed by atoms with van der Waals surface area (Å²) in [5, 5.41) is 2.81. The zero-order valence-electron chi connectivity index (χ0n) is 10.1. The summed E-state index contributed by atoms with van der Waals surface area (Å²) in [5.41, 5.74) is 2.59. The van der Waals surface area contributed by atoms with E-state index in [0.717, 1.165) is 16.3 Å². The molecule has 0 radical (unpaired) electrons. The molecule has 2 heterocycles. The van der Waals surface area contributed by atoms with E-state index in [1.165, 1.54) is 11.3 Å². The molecular weight excluding hydrogens is 266 g/mol. The van der Waals surface area contributed by atoms with Crippen molar-refractivity contribution in [2.75, 3.05) is 5.32 Å². The molecule has 0 atom stereocenters. The number of nitrogens with one attached hydrogen (secondary N) is 2. The third-order valence-corrected chi connectivity index (χ3v) is 3.78. The van der Waals surface area contributed by atoms with Crippen molar-refractivity contribution in [3.8, 4) is 0 Å². The van der Waals surface area contributed by atoms with Gasteiger partial charge in [-0.1, -0.05) is 0 Å². The number of anilines is 1. The molecule has 0 aliphatic carbocycles. The molecule has 0 spiro atoms. The highest BCUT2D eigenvalue weighted by Crippen LogP contribution is 2.16. The topological polar surface area (TPSA) is 57.8 Å². The van der Waals surface area contributed by atoms with E-state index in [4.69, 9.17) is 12.2 Å². The Bertz CT molecular complexity index is 613. The van der Waals surface area contributed by atoms with Gasteiger partial charge in [0.05, 0.1) is 18.3 Å². The first kappa shape index (κ1) is 12.9. The largest absolute Gasteiger partial charge is 0.341 e. The lowest BCUT2D eigenvalue weighted by Crippen LogP contribution is -2.14. The average Bonchev–Trinajstić information content (AvgIpc) is 2.61. The van der Waals surface area contributed by atoms with E-state index in [2.05, 4.69) is 15.3 Å². The van der Waals surface area contributed by atoms with Gasteiger partial charge in [0.15, 0.2) is 3.95 Å². The molecule has 1 amide bonds. The van der Waals surface area contributed by atoms with E-state index in [1.54, 1.807) is 6.20 Å². The molecule has 0 aliphatic rings. The predicted octanol–water partition coefficient (Wildman–Crippen LogP) is 3.00. The molecule has 6 heteroatoms. The predicted molar refractivity (Wildman–Crippen MR) is 75.5 cm³/mol. The second-order valence-corrected chi connectivity index (χ2v) is 5.75. The molecule has 0 saturated heterocycles. The normalized spacial score (nSPS) is 10.3. The number of rotatable bonds is 3. The van der Waals surface area contributed by atoms with Crippen LogP contribution in [0.5, 0.6) is 0 Å². The number of pyridine rings is 1. The van der Waals surface area contributed by atoms with Crippen molar-refractivity contribution in [1.29, 1.82) is 0 Å². The molecule has 0 aliphatic heterocycles. The summed E-state index contributed by atoms with van der Waals surface area (Å²) in [6.07, 6.45) is 1.98. The Kier molecular flexibility index (Phi) is 3.88. The number of carbonyl (C=O) groups excluding carboxylic acids is 1. The van der Waals surface area contributed by atoms with Crippen LogP contribution in [0, 0.1) is 17.8 Å². The fourth-order valence-corrected chi connectivity index (χ4v) is 2.79. The number of nitrogens with zero attached hydrogens (tertiary/aromatic N) is 1. The lowest BCUT2D eigenvalue weighted by atomic mass is 10.3. The van der Waals surface area contributed by atoms with E-state index in [1.807, 2.05) is 26.0 Å². The van der Waals surface area contributed by atoms with Crippen molar-refractivity contribution in [2.45, 2.75) is 20.3 Å². The summed E-state index contributed by atoms with van der Waals surface area (Å²) in [6.45, 7) is 3.82. The lowest BCUT2D eigenvalue weighted by molar-refractivity contribution is -0.115. The van der Waals surface area contributed by atoms with Gasteiger partial charge in [-0.05, 0) is 38.2 Å². The molecule has 18 heavy (non-hydrogen) atoms. The van der Waals surface area contributed by atoms with Crippen LogP contribution in [-0.4, -0.2) is 15.9 Å². The fourth-order valence-electron chi connectivity index (χ4n) is 1.50. The first-order valence-corrected chi connectivity index (χ1v) is 6.68. The van der Waals surface area contributed by atoms with Gasteiger partial charge in [-0.25, -0.2) is 0 Å². The third-order valence-electron chi connectivity index (χ3n) is 2.44. The van der Waals surface area contributed by atoms with E-state index in [-0.39, 0.29) is 5.91 Å². The molecular formula is C12H13N3OS2. The molecule has 0 unspecified atom stereocenters. The monoisotopic (exact) mass is 279 g/mol. The summed E-state index contributed by atoms with van der Waals surface area (Å²) in [6, 6.07) is 3.70. The fraction of sp³-hybridized carbons (Fsp3) is 0.250. The van der Waals surface area contributed by atoms with Crippen LogP contribution in [0.1, 0.15) is 16.3 Å². The van der Waals surface area contributed by atoms with Crippen LogP contribution < -0.4 is 5.32 Å². The van der Waals surface area contributed by atoms with Crippen molar-refractivity contribution in [2.24, 2.45) is 0 Å². The summed E-state index contributed by atoms with van der Waals surface area (Å²) >= 11 is 6.48. The standard InChI is InChI=1S/C12H13N3OS2/c1-7-3-4-9(6-13-7)15-11(16)5-10-8(2)14-12(17)18-10/h3-4,6H,5H2,1-2H3,(H,14,17)(H,15,16). The van der Waals surface area contributed by atoms with E-state index < -0.39 is 0 Å². The van der Waals surface area contributed by atoms with Crippen LogP contribution in [0.15, 0.2) is 18.3 Å². The van der Waals surface area contributed by atoms with Crippen molar-refractivity contribution >= 4 is 35.1 Å². The zero-order chi connectivity index (χ0) is 13.1. The Morgan fingerprint density at radius 1 is 1.50 bits per heavy atom. The van der Waals surface area contributed by atoms with Crippen molar-refractivity contribution in [1.82, 2.24) is 9.97 Å². The maximum atomic E-state index is 11.8. The van der Waals surface area contributed by atoms with E-state index in [9.17, 15) is 4.79 Å². The number of H-pyrrole nitrogens is 1. The highest BCUT2D eigenvalue weighted by molar-refractivity contribution is 7.73. The van der Waals surface area contributed by atoms with E-state index >= 15 is 0 Å². The minimum Gasteiger partial charge on any atom is -0.341 e. The number of thiazole rings is 1. The molecule has 4 nitrogen and oxygen atoms in total. The molecule has 0 bridgehead atoms. The summed E-state index contributed by atoms with van der Waals surface area (Å²) in [7, 11) is 0. The van der Waals surface area contributed by atoms with Gasteiger partial charge >= 0.3 is 0 Å². The second kappa shape index (κ2) is 5.41. The summed E-state index contributed by atoms with van der Waals surface area (Å²) in [4.78, 5) is 20.0. The van der Waals surface area contributed by atoms with Gasteiger partial charge in [-0.2, -0.15) is 0 Å². The Labute approximate surface area is 114 Å². The quantitative estimate of drug-likeness (QED) is 0.849. The van der Waals surface area contributed by atoms with Crippen LogP contribution in [0.2, 0.25) is 0 Å². The highest BCUT2D eigenvalue weighted by Gasteiger charge is 2.09. The number of hydrogen-bond acceptors (Lipinski definition) is 4. The van der Waals surface area contributed by atoms with Gasteiger partial charge in [0.25, 0.3) is 0 Å². The first-order chi connectivity index (χ1) is 8.54. The third kappa shape index (κ3) is 3.24. The Morgan fingerprint density at radius 3 is 2.83 bits per heavy atom. The molecule has 0 aromatic carbocycles.